The summed E-state index contributed by atoms with van der Waals surface area (Å²) in [5.74, 6) is 0.521. The lowest BCUT2D eigenvalue weighted by molar-refractivity contribution is -0.137. The lowest BCUT2D eigenvalue weighted by atomic mass is 9.82. The second-order valence-corrected chi connectivity index (χ2v) is 6.99. The van der Waals surface area contributed by atoms with Gasteiger partial charge in [0.05, 0.1) is 16.8 Å². The van der Waals surface area contributed by atoms with Crippen molar-refractivity contribution in [2.24, 2.45) is 0 Å². The van der Waals surface area contributed by atoms with Gasteiger partial charge in [-0.1, -0.05) is 17.6 Å². The average Bonchev–Trinajstić information content (AvgIpc) is 2.53. The van der Waals surface area contributed by atoms with E-state index in [1.54, 1.807) is 52.0 Å². The third-order valence-corrected chi connectivity index (χ3v) is 4.28. The molecular formula is C18H21BF3NO3. The van der Waals surface area contributed by atoms with E-state index in [9.17, 15) is 18.3 Å². The van der Waals surface area contributed by atoms with Gasteiger partial charge in [0.2, 0.25) is 5.88 Å². The molecule has 2 aromatic rings. The Morgan fingerprint density at radius 1 is 0.962 bits per heavy atom. The second-order valence-electron chi connectivity index (χ2n) is 6.99. The molecule has 0 spiro atoms. The molecule has 8 heteroatoms. The van der Waals surface area contributed by atoms with E-state index in [4.69, 9.17) is 9.39 Å². The minimum absolute atomic E-state index is 0.0742. The first-order chi connectivity index (χ1) is 11.9. The van der Waals surface area contributed by atoms with Crippen LogP contribution in [0.1, 0.15) is 33.3 Å². The number of hydrogen-bond acceptors (Lipinski definition) is 4. The molecular weight excluding hydrogens is 346 g/mol. The number of hydrogen-bond donors (Lipinski definition) is 1. The van der Waals surface area contributed by atoms with E-state index < -0.39 is 22.9 Å². The Hall–Kier alpha value is -2.06. The molecule has 4 nitrogen and oxygen atoms in total. The number of nitrogens with zero attached hydrogens (tertiary/aromatic N) is 1. The van der Waals surface area contributed by atoms with Crippen molar-refractivity contribution in [2.75, 3.05) is 0 Å². The molecule has 0 amide bonds. The fourth-order valence-electron chi connectivity index (χ4n) is 1.82. The van der Waals surface area contributed by atoms with Gasteiger partial charge in [0.1, 0.15) is 5.75 Å². The Balaban J connectivity index is 1.97. The van der Waals surface area contributed by atoms with Crippen LogP contribution in [0.3, 0.4) is 0 Å². The van der Waals surface area contributed by atoms with E-state index in [-0.39, 0.29) is 5.88 Å². The topological polar surface area (TPSA) is 51.6 Å². The molecule has 0 bridgehead atoms. The quantitative estimate of drug-likeness (QED) is 0.795. The molecule has 140 valence electrons. The molecule has 0 aliphatic rings. The Morgan fingerprint density at radius 2 is 1.58 bits per heavy atom. The van der Waals surface area contributed by atoms with Crippen LogP contribution in [-0.2, 0) is 10.8 Å². The predicted octanol–water partition coefficient (Wildman–Crippen LogP) is 3.44. The van der Waals surface area contributed by atoms with Crippen molar-refractivity contribution >= 4 is 12.9 Å². The van der Waals surface area contributed by atoms with E-state index in [2.05, 4.69) is 4.98 Å². The van der Waals surface area contributed by atoms with Crippen LogP contribution in [0.4, 0.5) is 13.2 Å². The van der Waals surface area contributed by atoms with Crippen LogP contribution >= 0.6 is 0 Å². The molecule has 0 saturated heterocycles. The van der Waals surface area contributed by atoms with Crippen molar-refractivity contribution in [1.29, 1.82) is 0 Å². The fraction of sp³-hybridized carbons (Fsp3) is 0.389. The highest BCUT2D eigenvalue weighted by atomic mass is 19.4. The van der Waals surface area contributed by atoms with Crippen molar-refractivity contribution in [3.05, 3.63) is 48.2 Å². The summed E-state index contributed by atoms with van der Waals surface area (Å²) in [4.78, 5) is 3.66. The van der Waals surface area contributed by atoms with Crippen LogP contribution < -0.4 is 10.2 Å². The average molecular weight is 367 g/mol. The van der Waals surface area contributed by atoms with E-state index in [1.165, 1.54) is 6.07 Å². The van der Waals surface area contributed by atoms with Crippen LogP contribution in [0, 0.1) is 0 Å². The summed E-state index contributed by atoms with van der Waals surface area (Å²) in [6, 6.07) is 9.00. The zero-order valence-electron chi connectivity index (χ0n) is 15.1. The molecule has 26 heavy (non-hydrogen) atoms. The SMILES string of the molecule is CC(C)(O)C(C)(C)OBc1ccc(Oc2ccc(C(F)(F)F)cn2)cc1. The molecule has 0 unspecified atom stereocenters. The zero-order valence-corrected chi connectivity index (χ0v) is 15.1. The molecule has 0 radical (unpaired) electrons. The zero-order chi connectivity index (χ0) is 19.6. The number of benzene rings is 1. The number of aromatic nitrogens is 1. The third-order valence-electron chi connectivity index (χ3n) is 4.28. The van der Waals surface area contributed by atoms with Gasteiger partial charge in [-0.3, -0.25) is 0 Å². The Kier molecular flexibility index (Phi) is 5.68. The van der Waals surface area contributed by atoms with Crippen molar-refractivity contribution in [2.45, 2.75) is 45.1 Å². The van der Waals surface area contributed by atoms with Crippen molar-refractivity contribution in [3.8, 4) is 11.6 Å². The van der Waals surface area contributed by atoms with Crippen LogP contribution in [-0.4, -0.2) is 28.8 Å². The minimum atomic E-state index is -4.43. The highest BCUT2D eigenvalue weighted by Crippen LogP contribution is 2.30. The number of aliphatic hydroxyl groups is 1. The molecule has 1 heterocycles. The minimum Gasteiger partial charge on any atom is -0.439 e. The lowest BCUT2D eigenvalue weighted by Crippen LogP contribution is -2.49. The standard InChI is InChI=1S/C18H21BF3NO3/c1-16(2,24)17(3,4)26-19-13-6-8-14(9-7-13)25-15-10-5-12(11-23-15)18(20,21)22/h5-11,19,24H,1-4H3. The van der Waals surface area contributed by atoms with Gasteiger partial charge in [-0.15, -0.1) is 0 Å². The monoisotopic (exact) mass is 367 g/mol. The first-order valence-electron chi connectivity index (χ1n) is 8.05. The van der Waals surface area contributed by atoms with Gasteiger partial charge in [0.25, 0.3) is 0 Å². The molecule has 0 atom stereocenters. The van der Waals surface area contributed by atoms with Gasteiger partial charge >= 0.3 is 13.7 Å². The van der Waals surface area contributed by atoms with E-state index in [0.29, 0.717) is 13.2 Å². The predicted molar refractivity (Wildman–Crippen MR) is 94.0 cm³/mol. The summed E-state index contributed by atoms with van der Waals surface area (Å²) in [5, 5.41) is 10.1. The maximum Gasteiger partial charge on any atom is 0.417 e. The normalized spacial score (nSPS) is 12.8. The highest BCUT2D eigenvalue weighted by Gasteiger charge is 2.35. The molecule has 1 aromatic carbocycles. The first-order valence-corrected chi connectivity index (χ1v) is 8.05. The number of pyridine rings is 1. The van der Waals surface area contributed by atoms with Gasteiger partial charge in [0, 0.05) is 12.3 Å². The van der Waals surface area contributed by atoms with Crippen molar-refractivity contribution in [3.63, 3.8) is 0 Å². The summed E-state index contributed by atoms with van der Waals surface area (Å²) in [5.41, 5.74) is -1.68. The number of halogens is 3. The van der Waals surface area contributed by atoms with Gasteiger partial charge in [0.15, 0.2) is 0 Å². The molecule has 0 fully saturated rings. The Labute approximate surface area is 151 Å². The summed E-state index contributed by atoms with van der Waals surface area (Å²) in [6.45, 7) is 6.98. The number of rotatable bonds is 6. The molecule has 2 rings (SSSR count). The fourth-order valence-corrected chi connectivity index (χ4v) is 1.82. The summed E-state index contributed by atoms with van der Waals surface area (Å²) < 4.78 is 48.8. The number of alkyl halides is 3. The maximum atomic E-state index is 12.5. The number of ether oxygens (including phenoxy) is 1. The summed E-state index contributed by atoms with van der Waals surface area (Å²) >= 11 is 0. The van der Waals surface area contributed by atoms with Gasteiger partial charge in [-0.25, -0.2) is 4.98 Å². The van der Waals surface area contributed by atoms with Gasteiger partial charge < -0.3 is 14.5 Å². The maximum absolute atomic E-state index is 12.5. The Morgan fingerprint density at radius 3 is 2.04 bits per heavy atom. The molecule has 1 aromatic heterocycles. The van der Waals surface area contributed by atoms with E-state index in [0.717, 1.165) is 17.7 Å². The molecule has 1 N–H and O–H groups in total. The van der Waals surface area contributed by atoms with Crippen LogP contribution in [0.2, 0.25) is 0 Å². The van der Waals surface area contributed by atoms with Crippen LogP contribution in [0.5, 0.6) is 11.6 Å². The van der Waals surface area contributed by atoms with Gasteiger partial charge in [-0.2, -0.15) is 13.2 Å². The second kappa shape index (κ2) is 7.29. The van der Waals surface area contributed by atoms with Gasteiger partial charge in [-0.05, 0) is 45.9 Å². The molecule has 0 saturated carbocycles. The van der Waals surface area contributed by atoms with E-state index >= 15 is 0 Å². The first kappa shape index (κ1) is 20.3. The van der Waals surface area contributed by atoms with E-state index in [1.807, 2.05) is 0 Å². The Bertz CT molecular complexity index is 723. The van der Waals surface area contributed by atoms with Crippen LogP contribution in [0.15, 0.2) is 42.6 Å². The van der Waals surface area contributed by atoms with Crippen LogP contribution in [0.25, 0.3) is 0 Å². The smallest absolute Gasteiger partial charge is 0.417 e. The van der Waals surface area contributed by atoms with Crippen molar-refractivity contribution < 1.29 is 27.7 Å². The highest BCUT2D eigenvalue weighted by molar-refractivity contribution is 6.47. The summed E-state index contributed by atoms with van der Waals surface area (Å²) in [6.07, 6.45) is -3.69. The third kappa shape index (κ3) is 5.22. The summed E-state index contributed by atoms with van der Waals surface area (Å²) in [7, 11) is 0.301. The molecule has 0 aliphatic carbocycles. The molecule has 0 aliphatic heterocycles. The van der Waals surface area contributed by atoms with Crippen molar-refractivity contribution in [1.82, 2.24) is 4.98 Å². The lowest BCUT2D eigenvalue weighted by Gasteiger charge is -2.37. The largest absolute Gasteiger partial charge is 0.439 e.